The number of H-pyrrole nitrogens is 1. The molecule has 2 aromatic rings. The van der Waals surface area contributed by atoms with Crippen molar-refractivity contribution in [1.29, 1.82) is 0 Å². The minimum Gasteiger partial charge on any atom is -0.321 e. The van der Waals surface area contributed by atoms with E-state index in [-0.39, 0.29) is 5.91 Å². The molecule has 6 nitrogen and oxygen atoms in total. The van der Waals surface area contributed by atoms with Gasteiger partial charge in [0.2, 0.25) is 0 Å². The monoisotopic (exact) mass is 319 g/mol. The summed E-state index contributed by atoms with van der Waals surface area (Å²) in [5.41, 5.74) is 0. The maximum atomic E-state index is 12.1. The summed E-state index contributed by atoms with van der Waals surface area (Å²) in [5.74, 6) is 1.19. The molecule has 0 bridgehead atoms. The van der Waals surface area contributed by atoms with Crippen LogP contribution in [0.2, 0.25) is 0 Å². The molecule has 0 aromatic carbocycles. The second-order valence-corrected chi connectivity index (χ2v) is 6.72. The molecule has 7 heteroatoms. The predicted molar refractivity (Wildman–Crippen MR) is 86.3 cm³/mol. The number of hydrogen-bond donors (Lipinski definition) is 2. The molecule has 1 fully saturated rings. The van der Waals surface area contributed by atoms with E-state index in [4.69, 9.17) is 0 Å². The summed E-state index contributed by atoms with van der Waals surface area (Å²) in [6.07, 6.45) is 3.72. The standard InChI is InChI=1S/C15H19N5OS/c1-12-10-17-15(22-12)18-14(21)11-19-6-8-20(9-7-19)13-4-2-3-5-16-13/h2-5,10H,6-9,11H2,1H3,(H,17,18,21)/p+2. The van der Waals surface area contributed by atoms with Gasteiger partial charge in [0.1, 0.15) is 26.2 Å². The molecule has 1 saturated heterocycles. The van der Waals surface area contributed by atoms with Crippen molar-refractivity contribution in [2.75, 3.05) is 42.9 Å². The van der Waals surface area contributed by atoms with Crippen molar-refractivity contribution in [3.63, 3.8) is 0 Å². The number of hydrogen-bond acceptors (Lipinski definition) is 4. The van der Waals surface area contributed by atoms with Gasteiger partial charge in [-0.3, -0.25) is 15.0 Å². The number of carbonyl (C=O) groups is 1. The molecule has 0 radical (unpaired) electrons. The van der Waals surface area contributed by atoms with Gasteiger partial charge in [-0.25, -0.2) is 9.97 Å². The highest BCUT2D eigenvalue weighted by molar-refractivity contribution is 7.15. The first-order valence-corrected chi connectivity index (χ1v) is 8.30. The number of rotatable bonds is 4. The van der Waals surface area contributed by atoms with Crippen LogP contribution in [0.25, 0.3) is 0 Å². The van der Waals surface area contributed by atoms with Crippen molar-refractivity contribution in [3.05, 3.63) is 35.5 Å². The lowest BCUT2D eigenvalue weighted by molar-refractivity contribution is -0.892. The second kappa shape index (κ2) is 6.85. The van der Waals surface area contributed by atoms with E-state index < -0.39 is 0 Å². The number of aromatic nitrogens is 2. The largest absolute Gasteiger partial charge is 0.321 e. The number of carbonyl (C=O) groups excluding carboxylic acids is 1. The van der Waals surface area contributed by atoms with E-state index in [9.17, 15) is 4.79 Å². The van der Waals surface area contributed by atoms with Crippen molar-refractivity contribution < 1.29 is 14.7 Å². The Labute approximate surface area is 133 Å². The molecule has 1 aliphatic rings. The Bertz CT molecular complexity index is 622. The fraction of sp³-hybridized carbons (Fsp3) is 0.400. The van der Waals surface area contributed by atoms with Crippen LogP contribution in [0.4, 0.5) is 10.9 Å². The number of thiazole rings is 1. The predicted octanol–water partition coefficient (Wildman–Crippen LogP) is -0.391. The van der Waals surface area contributed by atoms with Crippen LogP contribution in [0.3, 0.4) is 0 Å². The Kier molecular flexibility index (Phi) is 4.65. The molecule has 0 spiro atoms. The summed E-state index contributed by atoms with van der Waals surface area (Å²) in [4.78, 5) is 24.2. The van der Waals surface area contributed by atoms with Crippen molar-refractivity contribution in [1.82, 2.24) is 4.98 Å². The number of piperazine rings is 1. The van der Waals surface area contributed by atoms with Crippen LogP contribution in [-0.2, 0) is 4.79 Å². The number of amides is 1. The number of anilines is 2. The number of nitrogens with one attached hydrogen (secondary N) is 3. The summed E-state index contributed by atoms with van der Waals surface area (Å²) in [5, 5.41) is 3.57. The van der Waals surface area contributed by atoms with Gasteiger partial charge in [-0.1, -0.05) is 6.07 Å². The Balaban J connectivity index is 1.46. The zero-order valence-electron chi connectivity index (χ0n) is 12.6. The second-order valence-electron chi connectivity index (χ2n) is 5.49. The quantitative estimate of drug-likeness (QED) is 0.807. The van der Waals surface area contributed by atoms with Gasteiger partial charge in [-0.2, -0.15) is 0 Å². The molecule has 0 unspecified atom stereocenters. The van der Waals surface area contributed by atoms with E-state index in [1.807, 2.05) is 25.3 Å². The Morgan fingerprint density at radius 1 is 1.45 bits per heavy atom. The molecule has 0 saturated carbocycles. The van der Waals surface area contributed by atoms with E-state index in [2.05, 4.69) is 26.3 Å². The molecule has 2 aromatic heterocycles. The minimum absolute atomic E-state index is 0.0454. The first-order chi connectivity index (χ1) is 10.7. The number of aromatic amines is 1. The normalized spacial score (nSPS) is 15.8. The fourth-order valence-electron chi connectivity index (χ4n) is 2.62. The van der Waals surface area contributed by atoms with Gasteiger partial charge in [0.25, 0.3) is 11.7 Å². The molecule has 3 N–H and O–H groups in total. The van der Waals surface area contributed by atoms with Crippen LogP contribution in [0.15, 0.2) is 30.6 Å². The van der Waals surface area contributed by atoms with Gasteiger partial charge in [-0.05, 0) is 13.0 Å². The van der Waals surface area contributed by atoms with Crippen molar-refractivity contribution in [2.24, 2.45) is 0 Å². The Morgan fingerprint density at radius 2 is 2.27 bits per heavy atom. The van der Waals surface area contributed by atoms with Crippen LogP contribution in [0, 0.1) is 6.92 Å². The minimum atomic E-state index is 0.0454. The molecular formula is C15H21N5OS+2. The third-order valence-electron chi connectivity index (χ3n) is 3.78. The molecule has 116 valence electrons. The van der Waals surface area contributed by atoms with Crippen LogP contribution in [-0.4, -0.2) is 43.6 Å². The summed E-state index contributed by atoms with van der Waals surface area (Å²) in [7, 11) is 0. The summed E-state index contributed by atoms with van der Waals surface area (Å²) in [6.45, 7) is 6.34. The lowest BCUT2D eigenvalue weighted by atomic mass is 10.3. The molecule has 1 aliphatic heterocycles. The summed E-state index contributed by atoms with van der Waals surface area (Å²) in [6, 6.07) is 6.10. The maximum Gasteiger partial charge on any atom is 0.281 e. The highest BCUT2D eigenvalue weighted by Crippen LogP contribution is 2.15. The van der Waals surface area contributed by atoms with E-state index in [1.54, 1.807) is 6.20 Å². The Hall–Kier alpha value is -1.99. The van der Waals surface area contributed by atoms with Gasteiger partial charge in [0.05, 0.1) is 6.20 Å². The zero-order valence-corrected chi connectivity index (χ0v) is 13.4. The van der Waals surface area contributed by atoms with Gasteiger partial charge in [0, 0.05) is 17.1 Å². The zero-order chi connectivity index (χ0) is 15.4. The lowest BCUT2D eigenvalue weighted by Gasteiger charge is -2.27. The number of nitrogens with zero attached hydrogens (tertiary/aromatic N) is 2. The van der Waals surface area contributed by atoms with Crippen LogP contribution < -0.4 is 20.1 Å². The molecule has 22 heavy (non-hydrogen) atoms. The first kappa shape index (κ1) is 14.9. The highest BCUT2D eigenvalue weighted by Gasteiger charge is 2.27. The van der Waals surface area contributed by atoms with Crippen molar-refractivity contribution in [2.45, 2.75) is 6.92 Å². The van der Waals surface area contributed by atoms with Gasteiger partial charge in [-0.15, -0.1) is 11.3 Å². The van der Waals surface area contributed by atoms with Crippen molar-refractivity contribution >= 4 is 28.2 Å². The third kappa shape index (κ3) is 3.80. The van der Waals surface area contributed by atoms with Crippen molar-refractivity contribution in [3.8, 4) is 0 Å². The van der Waals surface area contributed by atoms with Gasteiger partial charge in [0.15, 0.2) is 11.7 Å². The average Bonchev–Trinajstić information content (AvgIpc) is 2.94. The smallest absolute Gasteiger partial charge is 0.281 e. The SMILES string of the molecule is Cc1cnc(NC(=O)C[NH+]2CCN(c3cccc[nH+]3)CC2)s1. The average molecular weight is 319 g/mol. The number of quaternary nitrogens is 1. The molecule has 3 rings (SSSR count). The molecule has 1 amide bonds. The maximum absolute atomic E-state index is 12.1. The van der Waals surface area contributed by atoms with E-state index in [0.717, 1.165) is 36.9 Å². The topological polar surface area (TPSA) is 63.8 Å². The summed E-state index contributed by atoms with van der Waals surface area (Å²) < 4.78 is 0. The molecule has 0 aliphatic carbocycles. The molecule has 0 atom stereocenters. The molecular weight excluding hydrogens is 298 g/mol. The first-order valence-electron chi connectivity index (χ1n) is 7.48. The fourth-order valence-corrected chi connectivity index (χ4v) is 3.30. The summed E-state index contributed by atoms with van der Waals surface area (Å²) >= 11 is 1.51. The van der Waals surface area contributed by atoms with Gasteiger partial charge < -0.3 is 4.90 Å². The number of aryl methyl sites for hydroxylation is 1. The van der Waals surface area contributed by atoms with E-state index in [1.165, 1.54) is 16.2 Å². The van der Waals surface area contributed by atoms with E-state index >= 15 is 0 Å². The number of pyridine rings is 1. The lowest BCUT2D eigenvalue weighted by Crippen LogP contribution is -3.15. The van der Waals surface area contributed by atoms with Crippen LogP contribution in [0.1, 0.15) is 4.88 Å². The molecule has 3 heterocycles. The van der Waals surface area contributed by atoms with Crippen LogP contribution >= 0.6 is 11.3 Å². The van der Waals surface area contributed by atoms with Gasteiger partial charge >= 0.3 is 0 Å². The Morgan fingerprint density at radius 3 is 2.91 bits per heavy atom. The van der Waals surface area contributed by atoms with E-state index in [0.29, 0.717) is 11.7 Å². The third-order valence-corrected chi connectivity index (χ3v) is 4.61. The van der Waals surface area contributed by atoms with Crippen LogP contribution in [0.5, 0.6) is 0 Å². The highest BCUT2D eigenvalue weighted by atomic mass is 32.1.